The first-order chi connectivity index (χ1) is 23.5. The Balaban J connectivity index is 1.11. The number of methoxy groups -OCH3 is 5. The summed E-state index contributed by atoms with van der Waals surface area (Å²) >= 11 is 1.66. The van der Waals surface area contributed by atoms with Crippen molar-refractivity contribution in [2.75, 3.05) is 48.8 Å². The molecule has 250 valence electrons. The largest absolute Gasteiger partial charge is 0.493 e. The molecule has 0 fully saturated rings. The van der Waals surface area contributed by atoms with Crippen molar-refractivity contribution in [3.63, 3.8) is 0 Å². The average molecular weight is 670 g/mol. The van der Waals surface area contributed by atoms with Crippen LogP contribution >= 0.6 is 11.3 Å². The second-order valence-electron chi connectivity index (χ2n) is 10.6. The molecular weight excluding hydrogens is 630 g/mol. The summed E-state index contributed by atoms with van der Waals surface area (Å²) in [4.78, 5) is 17.7. The molecule has 1 aromatic heterocycles. The minimum atomic E-state index is -0.212. The van der Waals surface area contributed by atoms with Crippen molar-refractivity contribution in [2.45, 2.75) is 19.3 Å². The number of fused-ring (bicyclic) bond motifs is 1. The predicted molar refractivity (Wildman–Crippen MR) is 189 cm³/mol. The van der Waals surface area contributed by atoms with E-state index in [1.54, 1.807) is 43.8 Å². The number of nitrogens with zero attached hydrogens (tertiary/aromatic N) is 1. The molecule has 0 aliphatic heterocycles. The van der Waals surface area contributed by atoms with Crippen molar-refractivity contribution in [2.24, 2.45) is 0 Å². The van der Waals surface area contributed by atoms with Gasteiger partial charge in [-0.3, -0.25) is 4.79 Å². The molecule has 1 heterocycles. The fourth-order valence-electron chi connectivity index (χ4n) is 5.06. The van der Waals surface area contributed by atoms with Gasteiger partial charge in [-0.15, -0.1) is 11.3 Å². The molecule has 0 N–H and O–H groups in total. The Morgan fingerprint density at radius 1 is 0.667 bits per heavy atom. The Hall–Kier alpha value is -5.22. The van der Waals surface area contributed by atoms with Gasteiger partial charge >= 0.3 is 0 Å². The van der Waals surface area contributed by atoms with E-state index in [1.165, 1.54) is 27.4 Å². The molecule has 0 bridgehead atoms. The van der Waals surface area contributed by atoms with Gasteiger partial charge in [0, 0.05) is 11.1 Å². The van der Waals surface area contributed by atoms with Crippen LogP contribution in [0.3, 0.4) is 0 Å². The third-order valence-electron chi connectivity index (χ3n) is 7.57. The van der Waals surface area contributed by atoms with E-state index in [9.17, 15) is 4.79 Å². The Kier molecular flexibility index (Phi) is 11.8. The van der Waals surface area contributed by atoms with Crippen LogP contribution in [0.25, 0.3) is 26.9 Å². The lowest BCUT2D eigenvalue weighted by Crippen LogP contribution is -2.03. The summed E-state index contributed by atoms with van der Waals surface area (Å²) in [5.41, 5.74) is 3.19. The highest BCUT2D eigenvalue weighted by atomic mass is 32.1. The molecule has 0 unspecified atom stereocenters. The van der Waals surface area contributed by atoms with Gasteiger partial charge < -0.3 is 33.2 Å². The van der Waals surface area contributed by atoms with Crippen molar-refractivity contribution in [3.8, 4) is 50.8 Å². The number of aromatic nitrogens is 1. The molecule has 48 heavy (non-hydrogen) atoms. The first-order valence-electron chi connectivity index (χ1n) is 15.5. The maximum absolute atomic E-state index is 13.0. The number of rotatable bonds is 17. The molecular formula is C38H39NO8S. The highest BCUT2D eigenvalue weighted by molar-refractivity contribution is 7.21. The molecule has 4 aromatic carbocycles. The van der Waals surface area contributed by atoms with Gasteiger partial charge in [0.15, 0.2) is 40.3 Å². The fraction of sp³-hybridized carbons (Fsp3) is 0.263. The first-order valence-corrected chi connectivity index (χ1v) is 16.3. The van der Waals surface area contributed by atoms with Gasteiger partial charge in [-0.1, -0.05) is 24.3 Å². The van der Waals surface area contributed by atoms with Gasteiger partial charge in [0.25, 0.3) is 0 Å². The third kappa shape index (κ3) is 8.19. The van der Waals surface area contributed by atoms with Crippen LogP contribution in [0.15, 0.2) is 78.9 Å². The van der Waals surface area contributed by atoms with E-state index >= 15 is 0 Å². The number of carbonyl (C=O) groups is 1. The average Bonchev–Trinajstić information content (AvgIpc) is 3.57. The first kappa shape index (κ1) is 34.1. The zero-order valence-electron chi connectivity index (χ0n) is 27.7. The van der Waals surface area contributed by atoms with Crippen LogP contribution in [-0.4, -0.2) is 59.5 Å². The molecule has 0 radical (unpaired) electrons. The molecule has 0 amide bonds. The van der Waals surface area contributed by atoms with E-state index in [-0.39, 0.29) is 5.78 Å². The smallest absolute Gasteiger partial charge is 0.203 e. The summed E-state index contributed by atoms with van der Waals surface area (Å²) in [6.07, 6.45) is 5.83. The fourth-order valence-corrected chi connectivity index (χ4v) is 6.02. The van der Waals surface area contributed by atoms with Crippen LogP contribution in [0.4, 0.5) is 0 Å². The number of ether oxygens (including phenoxy) is 7. The monoisotopic (exact) mass is 669 g/mol. The minimum absolute atomic E-state index is 0.212. The molecule has 9 nitrogen and oxygen atoms in total. The number of allylic oxidation sites excluding steroid dienone is 1. The summed E-state index contributed by atoms with van der Waals surface area (Å²) < 4.78 is 40.5. The van der Waals surface area contributed by atoms with E-state index in [2.05, 4.69) is 6.07 Å². The third-order valence-corrected chi connectivity index (χ3v) is 8.66. The number of ketones is 1. The topological polar surface area (TPSA) is 94.6 Å². The molecule has 0 atom stereocenters. The van der Waals surface area contributed by atoms with Crippen molar-refractivity contribution >= 4 is 33.4 Å². The lowest BCUT2D eigenvalue weighted by Gasteiger charge is -2.13. The second-order valence-corrected chi connectivity index (χ2v) is 11.7. The lowest BCUT2D eigenvalue weighted by molar-refractivity contribution is 0.104. The molecule has 5 aromatic rings. The Morgan fingerprint density at radius 2 is 1.33 bits per heavy atom. The summed E-state index contributed by atoms with van der Waals surface area (Å²) in [7, 11) is 7.79. The standard InChI is InChI=1S/C38H39NO8S/c1-41-30-17-14-25(13-16-29(40)27-23-34(43-3)37(45-5)35(24-27)44-4)21-33(30)47-20-10-6-9-19-46-31-18-15-26(22-32(31)42-2)38-39-28-11-7-8-12-36(28)48-38/h7-8,11-18,21-24H,6,9-10,19-20H2,1-5H3/b16-13+. The zero-order valence-corrected chi connectivity index (χ0v) is 28.6. The van der Waals surface area contributed by atoms with E-state index in [0.29, 0.717) is 59.0 Å². The van der Waals surface area contributed by atoms with Gasteiger partial charge in [0.2, 0.25) is 5.75 Å². The number of para-hydroxylation sites is 1. The highest BCUT2D eigenvalue weighted by Crippen LogP contribution is 2.39. The zero-order chi connectivity index (χ0) is 33.9. The van der Waals surface area contributed by atoms with Crippen LogP contribution < -0.4 is 33.2 Å². The van der Waals surface area contributed by atoms with E-state index < -0.39 is 0 Å². The van der Waals surface area contributed by atoms with E-state index in [0.717, 1.165) is 45.6 Å². The summed E-state index contributed by atoms with van der Waals surface area (Å²) in [5.74, 6) is 3.65. The van der Waals surface area contributed by atoms with Crippen molar-refractivity contribution < 1.29 is 38.0 Å². The molecule has 0 spiro atoms. The molecule has 0 saturated heterocycles. The van der Waals surface area contributed by atoms with Crippen molar-refractivity contribution in [1.82, 2.24) is 4.98 Å². The normalized spacial score (nSPS) is 11.0. The minimum Gasteiger partial charge on any atom is -0.493 e. The van der Waals surface area contributed by atoms with Gasteiger partial charge in [-0.05, 0) is 85.5 Å². The maximum atomic E-state index is 13.0. The van der Waals surface area contributed by atoms with Crippen molar-refractivity contribution in [1.29, 1.82) is 0 Å². The predicted octanol–water partition coefficient (Wildman–Crippen LogP) is 8.53. The Morgan fingerprint density at radius 3 is 2.00 bits per heavy atom. The van der Waals surface area contributed by atoms with E-state index in [1.807, 2.05) is 54.6 Å². The number of thiazole rings is 1. The summed E-state index contributed by atoms with van der Waals surface area (Å²) in [6, 6.07) is 22.8. The number of unbranched alkanes of at least 4 members (excludes halogenated alkanes) is 2. The number of carbonyl (C=O) groups excluding carboxylic acids is 1. The van der Waals surface area contributed by atoms with Crippen molar-refractivity contribution in [3.05, 3.63) is 90.0 Å². The van der Waals surface area contributed by atoms with Crippen LogP contribution in [-0.2, 0) is 0 Å². The van der Waals surface area contributed by atoms with Crippen LogP contribution in [0, 0.1) is 0 Å². The Labute approximate surface area is 284 Å². The van der Waals surface area contributed by atoms with Gasteiger partial charge in [0.05, 0.1) is 59.0 Å². The van der Waals surface area contributed by atoms with Crippen LogP contribution in [0.2, 0.25) is 0 Å². The van der Waals surface area contributed by atoms with Crippen LogP contribution in [0.5, 0.6) is 40.2 Å². The maximum Gasteiger partial charge on any atom is 0.203 e. The lowest BCUT2D eigenvalue weighted by atomic mass is 10.1. The van der Waals surface area contributed by atoms with Gasteiger partial charge in [-0.25, -0.2) is 4.98 Å². The molecule has 0 saturated carbocycles. The molecule has 10 heteroatoms. The SMILES string of the molecule is COc1cc(-c2nc3ccccc3s2)ccc1OCCCCCOc1cc(/C=C/C(=O)c2cc(OC)c(OC)c(OC)c2)ccc1OC. The summed E-state index contributed by atoms with van der Waals surface area (Å²) in [5, 5.41) is 0.948. The number of hydrogen-bond donors (Lipinski definition) is 0. The number of benzene rings is 4. The van der Waals surface area contributed by atoms with Crippen LogP contribution in [0.1, 0.15) is 35.2 Å². The highest BCUT2D eigenvalue weighted by Gasteiger charge is 2.16. The molecule has 0 aliphatic rings. The van der Waals surface area contributed by atoms with Gasteiger partial charge in [0.1, 0.15) is 5.01 Å². The molecule has 0 aliphatic carbocycles. The quantitative estimate of drug-likeness (QED) is 0.0549. The summed E-state index contributed by atoms with van der Waals surface area (Å²) in [6.45, 7) is 1.06. The molecule has 5 rings (SSSR count). The van der Waals surface area contributed by atoms with Gasteiger partial charge in [-0.2, -0.15) is 0 Å². The van der Waals surface area contributed by atoms with E-state index in [4.69, 9.17) is 38.1 Å². The Bertz CT molecular complexity index is 1820. The number of hydrogen-bond acceptors (Lipinski definition) is 10. The second kappa shape index (κ2) is 16.6.